The lowest BCUT2D eigenvalue weighted by molar-refractivity contribution is 0.824. The first-order valence-corrected chi connectivity index (χ1v) is 9.23. The number of hydrogen-bond donors (Lipinski definition) is 2. The largest absolute Gasteiger partial charge is 0.412 e. The maximum Gasteiger partial charge on any atom is 0.0314 e. The summed E-state index contributed by atoms with van der Waals surface area (Å²) in [5.74, 6) is 0. The van der Waals surface area contributed by atoms with Gasteiger partial charge in [0.05, 0.1) is 0 Å². The van der Waals surface area contributed by atoms with E-state index in [9.17, 15) is 0 Å². The average Bonchev–Trinajstić information content (AvgIpc) is 2.71. The molecule has 0 unspecified atom stereocenters. The molecule has 0 spiro atoms. The van der Waals surface area contributed by atoms with Crippen molar-refractivity contribution >= 4 is 21.6 Å². The number of anilines is 1. The van der Waals surface area contributed by atoms with Crippen LogP contribution >= 0.6 is 15.9 Å². The van der Waals surface area contributed by atoms with Gasteiger partial charge < -0.3 is 17.4 Å². The number of halogens is 1. The molecule has 0 heterocycles. The lowest BCUT2D eigenvalue weighted by Crippen LogP contribution is -1.83. The van der Waals surface area contributed by atoms with Gasteiger partial charge in [0.25, 0.3) is 0 Å². The van der Waals surface area contributed by atoms with Gasteiger partial charge in [-0.3, -0.25) is 0 Å². The molecule has 4 aromatic rings. The summed E-state index contributed by atoms with van der Waals surface area (Å²) in [6.07, 6.45) is 0. The molecule has 0 saturated heterocycles. The van der Waals surface area contributed by atoms with E-state index < -0.39 is 0 Å². The minimum Gasteiger partial charge on any atom is -0.412 e. The van der Waals surface area contributed by atoms with Crippen LogP contribution < -0.4 is 11.9 Å². The van der Waals surface area contributed by atoms with E-state index in [2.05, 4.69) is 76.6 Å². The standard InChI is InChI=1S/C12H9Br.C12H11N.H3N.H2O/c2*13-12-8-6-11(7-9-12)10-4-2-1-3-5-10;;/h1-9H;1-9H,13H2;1H3;1H2. The van der Waals surface area contributed by atoms with E-state index in [1.807, 2.05) is 48.5 Å². The molecule has 0 radical (unpaired) electrons. The molecule has 0 atom stereocenters. The third-order valence-corrected chi connectivity index (χ3v) is 4.50. The number of nitrogens with two attached hydrogens (primary N) is 1. The lowest BCUT2D eigenvalue weighted by atomic mass is 10.1. The van der Waals surface area contributed by atoms with Crippen LogP contribution in [0.3, 0.4) is 0 Å². The van der Waals surface area contributed by atoms with Crippen molar-refractivity contribution in [3.8, 4) is 22.3 Å². The van der Waals surface area contributed by atoms with Crippen LogP contribution in [0.5, 0.6) is 0 Å². The first kappa shape index (κ1) is 23.1. The Morgan fingerprint density at radius 2 is 0.786 bits per heavy atom. The zero-order chi connectivity index (χ0) is 18.2. The van der Waals surface area contributed by atoms with Crippen LogP contribution in [0.25, 0.3) is 22.3 Å². The van der Waals surface area contributed by atoms with Crippen molar-refractivity contribution in [3.05, 3.63) is 114 Å². The maximum atomic E-state index is 5.60. The monoisotopic (exact) mass is 436 g/mol. The van der Waals surface area contributed by atoms with Crippen molar-refractivity contribution in [1.82, 2.24) is 6.15 Å². The Hall–Kier alpha value is -2.92. The number of benzene rings is 4. The minimum absolute atomic E-state index is 0. The zero-order valence-electron chi connectivity index (χ0n) is 15.6. The third kappa shape index (κ3) is 6.67. The van der Waals surface area contributed by atoms with E-state index in [4.69, 9.17) is 5.73 Å². The van der Waals surface area contributed by atoms with Crippen LogP contribution in [0.4, 0.5) is 5.69 Å². The van der Waals surface area contributed by atoms with Gasteiger partial charge in [-0.2, -0.15) is 0 Å². The van der Waals surface area contributed by atoms with Crippen LogP contribution in [-0.4, -0.2) is 5.48 Å². The first-order valence-electron chi connectivity index (χ1n) is 8.44. The van der Waals surface area contributed by atoms with E-state index >= 15 is 0 Å². The summed E-state index contributed by atoms with van der Waals surface area (Å²) in [7, 11) is 0. The molecule has 4 rings (SSSR count). The van der Waals surface area contributed by atoms with Crippen molar-refractivity contribution in [1.29, 1.82) is 0 Å². The van der Waals surface area contributed by atoms with Crippen molar-refractivity contribution < 1.29 is 5.48 Å². The Balaban J connectivity index is 0.000000261. The van der Waals surface area contributed by atoms with E-state index in [0.29, 0.717) is 0 Å². The SMILES string of the molecule is Brc1ccc(-c2ccccc2)cc1.N.Nc1ccc(-c2ccccc2)cc1.O. The van der Waals surface area contributed by atoms with Gasteiger partial charge in [0.15, 0.2) is 0 Å². The Labute approximate surface area is 174 Å². The summed E-state index contributed by atoms with van der Waals surface area (Å²) in [5, 5.41) is 0. The fourth-order valence-corrected chi connectivity index (χ4v) is 2.84. The molecule has 4 heteroatoms. The topological polar surface area (TPSA) is 92.5 Å². The first-order chi connectivity index (χ1) is 12.7. The summed E-state index contributed by atoms with van der Waals surface area (Å²) in [6.45, 7) is 0. The second kappa shape index (κ2) is 11.7. The van der Waals surface area contributed by atoms with E-state index in [1.165, 1.54) is 22.3 Å². The van der Waals surface area contributed by atoms with Gasteiger partial charge >= 0.3 is 0 Å². The van der Waals surface area contributed by atoms with Gasteiger partial charge in [0.1, 0.15) is 0 Å². The summed E-state index contributed by atoms with van der Waals surface area (Å²) < 4.78 is 1.12. The third-order valence-electron chi connectivity index (χ3n) is 3.97. The van der Waals surface area contributed by atoms with E-state index in [-0.39, 0.29) is 11.6 Å². The second-order valence-corrected chi connectivity index (χ2v) is 6.78. The average molecular weight is 437 g/mol. The molecular weight excluding hydrogens is 412 g/mol. The van der Waals surface area contributed by atoms with Crippen LogP contribution in [0.15, 0.2) is 114 Å². The molecule has 3 nitrogen and oxygen atoms in total. The fraction of sp³-hybridized carbons (Fsp3) is 0. The molecule has 0 aromatic heterocycles. The molecule has 7 N–H and O–H groups in total. The summed E-state index contributed by atoms with van der Waals surface area (Å²) in [6, 6.07) is 36.9. The molecule has 4 aromatic carbocycles. The molecular formula is C24H25BrN2O. The Bertz CT molecular complexity index is 845. The van der Waals surface area contributed by atoms with Gasteiger partial charge in [-0.15, -0.1) is 0 Å². The van der Waals surface area contributed by atoms with Crippen molar-refractivity contribution in [3.63, 3.8) is 0 Å². The Morgan fingerprint density at radius 1 is 0.464 bits per heavy atom. The Kier molecular flexibility index (Phi) is 9.68. The fourth-order valence-electron chi connectivity index (χ4n) is 2.58. The molecule has 0 saturated carbocycles. The smallest absolute Gasteiger partial charge is 0.0314 e. The molecule has 0 aliphatic heterocycles. The number of hydrogen-bond acceptors (Lipinski definition) is 2. The van der Waals surface area contributed by atoms with Crippen molar-refractivity contribution in [2.45, 2.75) is 0 Å². The number of nitrogen functional groups attached to an aromatic ring is 1. The number of rotatable bonds is 2. The van der Waals surface area contributed by atoms with Gasteiger partial charge in [-0.25, -0.2) is 0 Å². The summed E-state index contributed by atoms with van der Waals surface area (Å²) in [5.41, 5.74) is 11.4. The van der Waals surface area contributed by atoms with Crippen LogP contribution in [-0.2, 0) is 0 Å². The lowest BCUT2D eigenvalue weighted by Gasteiger charge is -2.00. The zero-order valence-corrected chi connectivity index (χ0v) is 17.1. The van der Waals surface area contributed by atoms with Gasteiger partial charge in [-0.1, -0.05) is 101 Å². The molecule has 0 bridgehead atoms. The normalized spacial score (nSPS) is 9.18. The second-order valence-electron chi connectivity index (χ2n) is 5.86. The highest BCUT2D eigenvalue weighted by Gasteiger charge is 1.95. The Morgan fingerprint density at radius 3 is 1.18 bits per heavy atom. The molecule has 28 heavy (non-hydrogen) atoms. The van der Waals surface area contributed by atoms with Gasteiger partial charge in [0, 0.05) is 10.2 Å². The van der Waals surface area contributed by atoms with Crippen molar-refractivity contribution in [2.75, 3.05) is 5.73 Å². The van der Waals surface area contributed by atoms with Gasteiger partial charge in [0.2, 0.25) is 0 Å². The highest BCUT2D eigenvalue weighted by Crippen LogP contribution is 2.21. The molecule has 0 aliphatic carbocycles. The van der Waals surface area contributed by atoms with Crippen LogP contribution in [0.1, 0.15) is 0 Å². The highest BCUT2D eigenvalue weighted by molar-refractivity contribution is 9.10. The summed E-state index contributed by atoms with van der Waals surface area (Å²) >= 11 is 3.42. The quantitative estimate of drug-likeness (QED) is 0.356. The molecule has 144 valence electrons. The van der Waals surface area contributed by atoms with E-state index in [1.54, 1.807) is 0 Å². The predicted octanol–water partition coefficient (Wildman–Crippen LogP) is 6.39. The molecule has 0 fully saturated rings. The highest BCUT2D eigenvalue weighted by atomic mass is 79.9. The summed E-state index contributed by atoms with van der Waals surface area (Å²) in [4.78, 5) is 0. The predicted molar refractivity (Wildman–Crippen MR) is 125 cm³/mol. The van der Waals surface area contributed by atoms with Crippen molar-refractivity contribution in [2.24, 2.45) is 0 Å². The minimum atomic E-state index is 0. The molecule has 0 aliphatic rings. The van der Waals surface area contributed by atoms with Crippen LogP contribution in [0, 0.1) is 0 Å². The molecule has 0 amide bonds. The van der Waals surface area contributed by atoms with Gasteiger partial charge in [-0.05, 0) is 46.5 Å². The van der Waals surface area contributed by atoms with E-state index in [0.717, 1.165) is 10.2 Å². The van der Waals surface area contributed by atoms with Crippen LogP contribution in [0.2, 0.25) is 0 Å². The maximum absolute atomic E-state index is 5.60.